The summed E-state index contributed by atoms with van der Waals surface area (Å²) in [6.45, 7) is 0.620. The van der Waals surface area contributed by atoms with E-state index in [4.69, 9.17) is 5.11 Å². The highest BCUT2D eigenvalue weighted by Gasteiger charge is 2.21. The minimum atomic E-state index is -1.27. The standard InChI is InChI=1S/C15H14F3NO/c1-9-12(16)14(18)11(8-20)15(13(9)17)19-7-10-5-3-2-4-6-10/h2-6,19-20H,7-8H2,1H3. The molecule has 2 aromatic carbocycles. The van der Waals surface area contributed by atoms with E-state index < -0.39 is 35.2 Å². The van der Waals surface area contributed by atoms with Gasteiger partial charge >= 0.3 is 0 Å². The number of aliphatic hydroxyl groups excluding tert-OH is 1. The monoisotopic (exact) mass is 281 g/mol. The van der Waals surface area contributed by atoms with Crippen molar-refractivity contribution in [2.75, 3.05) is 5.32 Å². The average molecular weight is 281 g/mol. The van der Waals surface area contributed by atoms with Gasteiger partial charge in [0.2, 0.25) is 0 Å². The van der Waals surface area contributed by atoms with E-state index >= 15 is 0 Å². The molecule has 2 rings (SSSR count). The first-order chi connectivity index (χ1) is 9.56. The Balaban J connectivity index is 2.36. The van der Waals surface area contributed by atoms with Crippen molar-refractivity contribution < 1.29 is 18.3 Å². The molecule has 2 N–H and O–H groups in total. The van der Waals surface area contributed by atoms with Crippen molar-refractivity contribution in [2.24, 2.45) is 0 Å². The lowest BCUT2D eigenvalue weighted by Gasteiger charge is -2.15. The third kappa shape index (κ3) is 2.63. The van der Waals surface area contributed by atoms with E-state index in [2.05, 4.69) is 5.32 Å². The topological polar surface area (TPSA) is 32.3 Å². The van der Waals surface area contributed by atoms with Crippen LogP contribution in [0.5, 0.6) is 0 Å². The van der Waals surface area contributed by atoms with Crippen LogP contribution in [0.2, 0.25) is 0 Å². The second-order valence-electron chi connectivity index (χ2n) is 4.42. The lowest BCUT2D eigenvalue weighted by molar-refractivity contribution is 0.273. The molecule has 0 aromatic heterocycles. The minimum absolute atomic E-state index is 0.201. The molecule has 0 heterocycles. The summed E-state index contributed by atoms with van der Waals surface area (Å²) in [6.07, 6.45) is 0. The smallest absolute Gasteiger partial charge is 0.166 e. The lowest BCUT2D eigenvalue weighted by atomic mass is 10.1. The average Bonchev–Trinajstić information content (AvgIpc) is 2.48. The van der Waals surface area contributed by atoms with Gasteiger partial charge in [-0.2, -0.15) is 0 Å². The van der Waals surface area contributed by atoms with Crippen LogP contribution in [-0.4, -0.2) is 5.11 Å². The van der Waals surface area contributed by atoms with Gasteiger partial charge in [-0.3, -0.25) is 0 Å². The molecule has 0 aliphatic carbocycles. The summed E-state index contributed by atoms with van der Waals surface area (Å²) < 4.78 is 41.1. The molecule has 2 nitrogen and oxygen atoms in total. The van der Waals surface area contributed by atoms with Gasteiger partial charge in [-0.15, -0.1) is 0 Å². The molecule has 0 aliphatic rings. The van der Waals surface area contributed by atoms with Gasteiger partial charge in [0, 0.05) is 17.7 Å². The summed E-state index contributed by atoms with van der Waals surface area (Å²) in [4.78, 5) is 0. The number of aliphatic hydroxyl groups is 1. The Morgan fingerprint density at radius 2 is 1.65 bits per heavy atom. The minimum Gasteiger partial charge on any atom is -0.391 e. The first kappa shape index (κ1) is 14.4. The maximum absolute atomic E-state index is 14.0. The van der Waals surface area contributed by atoms with Crippen molar-refractivity contribution in [2.45, 2.75) is 20.1 Å². The number of benzene rings is 2. The van der Waals surface area contributed by atoms with Crippen molar-refractivity contribution in [3.05, 3.63) is 64.5 Å². The Labute approximate surface area is 114 Å². The van der Waals surface area contributed by atoms with Gasteiger partial charge < -0.3 is 10.4 Å². The Morgan fingerprint density at radius 3 is 2.25 bits per heavy atom. The largest absolute Gasteiger partial charge is 0.391 e. The number of hydrogen-bond acceptors (Lipinski definition) is 2. The first-order valence-corrected chi connectivity index (χ1v) is 6.10. The van der Waals surface area contributed by atoms with Gasteiger partial charge in [0.05, 0.1) is 12.3 Å². The van der Waals surface area contributed by atoms with Crippen LogP contribution in [-0.2, 0) is 13.2 Å². The number of hydrogen-bond donors (Lipinski definition) is 2. The lowest BCUT2D eigenvalue weighted by Crippen LogP contribution is -2.10. The second-order valence-corrected chi connectivity index (χ2v) is 4.42. The van der Waals surface area contributed by atoms with Crippen LogP contribution in [0.15, 0.2) is 30.3 Å². The summed E-state index contributed by atoms with van der Waals surface area (Å²) in [5, 5.41) is 11.8. The van der Waals surface area contributed by atoms with E-state index in [9.17, 15) is 13.2 Å². The number of anilines is 1. The number of nitrogens with one attached hydrogen (secondary N) is 1. The predicted octanol–water partition coefficient (Wildman–Crippen LogP) is 3.52. The first-order valence-electron chi connectivity index (χ1n) is 6.10. The van der Waals surface area contributed by atoms with Gasteiger partial charge in [-0.05, 0) is 12.5 Å². The van der Waals surface area contributed by atoms with Crippen molar-refractivity contribution >= 4 is 5.69 Å². The molecule has 0 saturated carbocycles. The van der Waals surface area contributed by atoms with Gasteiger partial charge in [0.15, 0.2) is 17.5 Å². The highest BCUT2D eigenvalue weighted by molar-refractivity contribution is 5.56. The maximum Gasteiger partial charge on any atom is 0.166 e. The van der Waals surface area contributed by atoms with E-state index in [0.717, 1.165) is 12.5 Å². The van der Waals surface area contributed by atoms with Crippen LogP contribution in [0.1, 0.15) is 16.7 Å². The SMILES string of the molecule is Cc1c(F)c(F)c(CO)c(NCc2ccccc2)c1F. The van der Waals surface area contributed by atoms with Crippen LogP contribution in [0.3, 0.4) is 0 Å². The molecule has 106 valence electrons. The van der Waals surface area contributed by atoms with E-state index in [0.29, 0.717) is 0 Å². The molecular formula is C15H14F3NO. The highest BCUT2D eigenvalue weighted by atomic mass is 19.2. The molecule has 0 spiro atoms. The van der Waals surface area contributed by atoms with E-state index in [1.54, 1.807) is 0 Å². The van der Waals surface area contributed by atoms with Crippen LogP contribution in [0.25, 0.3) is 0 Å². The molecule has 0 atom stereocenters. The van der Waals surface area contributed by atoms with Gasteiger partial charge in [-0.25, -0.2) is 13.2 Å². The molecule has 0 saturated heterocycles. The van der Waals surface area contributed by atoms with Crippen molar-refractivity contribution in [1.29, 1.82) is 0 Å². The molecule has 2 aromatic rings. The van der Waals surface area contributed by atoms with Crippen LogP contribution in [0.4, 0.5) is 18.9 Å². The zero-order valence-corrected chi connectivity index (χ0v) is 10.9. The van der Waals surface area contributed by atoms with Crippen molar-refractivity contribution in [3.63, 3.8) is 0 Å². The van der Waals surface area contributed by atoms with Crippen LogP contribution >= 0.6 is 0 Å². The molecule has 5 heteroatoms. The zero-order valence-electron chi connectivity index (χ0n) is 10.9. The Morgan fingerprint density at radius 1 is 1.00 bits per heavy atom. The third-order valence-corrected chi connectivity index (χ3v) is 3.11. The van der Waals surface area contributed by atoms with Gasteiger partial charge in [0.25, 0.3) is 0 Å². The number of halogens is 3. The van der Waals surface area contributed by atoms with Gasteiger partial charge in [-0.1, -0.05) is 30.3 Å². The number of rotatable bonds is 4. The van der Waals surface area contributed by atoms with Crippen molar-refractivity contribution in [3.8, 4) is 0 Å². The summed E-state index contributed by atoms with van der Waals surface area (Å²) in [6, 6.07) is 9.10. The van der Waals surface area contributed by atoms with Crippen molar-refractivity contribution in [1.82, 2.24) is 0 Å². The molecule has 0 radical (unpaired) electrons. The molecule has 0 amide bonds. The summed E-state index contributed by atoms with van der Waals surface area (Å²) in [5.74, 6) is -3.37. The molecule has 0 aliphatic heterocycles. The summed E-state index contributed by atoms with van der Waals surface area (Å²) >= 11 is 0. The Bertz CT molecular complexity index is 615. The van der Waals surface area contributed by atoms with E-state index in [1.165, 1.54) is 0 Å². The Hall–Kier alpha value is -2.01. The zero-order chi connectivity index (χ0) is 14.7. The maximum atomic E-state index is 14.0. The molecule has 0 unspecified atom stereocenters. The highest BCUT2D eigenvalue weighted by Crippen LogP contribution is 2.29. The predicted molar refractivity (Wildman–Crippen MR) is 70.7 cm³/mol. The fourth-order valence-corrected chi connectivity index (χ4v) is 1.94. The van der Waals surface area contributed by atoms with E-state index in [-0.39, 0.29) is 12.2 Å². The fourth-order valence-electron chi connectivity index (χ4n) is 1.94. The fraction of sp³-hybridized carbons (Fsp3) is 0.200. The third-order valence-electron chi connectivity index (χ3n) is 3.11. The summed E-state index contributed by atoms with van der Waals surface area (Å²) in [7, 11) is 0. The van der Waals surface area contributed by atoms with Gasteiger partial charge in [0.1, 0.15) is 0 Å². The van der Waals surface area contributed by atoms with Crippen LogP contribution < -0.4 is 5.32 Å². The molecular weight excluding hydrogens is 267 g/mol. The molecule has 0 bridgehead atoms. The summed E-state index contributed by atoms with van der Waals surface area (Å²) in [5.41, 5.74) is -0.150. The van der Waals surface area contributed by atoms with Crippen LogP contribution in [0, 0.1) is 24.4 Å². The Kier molecular flexibility index (Phi) is 4.29. The normalized spacial score (nSPS) is 10.7. The molecule has 20 heavy (non-hydrogen) atoms. The quantitative estimate of drug-likeness (QED) is 0.840. The van der Waals surface area contributed by atoms with E-state index in [1.807, 2.05) is 30.3 Å². The molecule has 0 fully saturated rings. The second kappa shape index (κ2) is 5.96.